The van der Waals surface area contributed by atoms with E-state index in [1.807, 2.05) is 6.07 Å². The van der Waals surface area contributed by atoms with E-state index in [4.69, 9.17) is 10.00 Å². The topological polar surface area (TPSA) is 79.2 Å². The van der Waals surface area contributed by atoms with E-state index in [-0.39, 0.29) is 6.61 Å². The first-order chi connectivity index (χ1) is 7.01. The Morgan fingerprint density at radius 2 is 2.27 bits per heavy atom. The van der Waals surface area contributed by atoms with Crippen molar-refractivity contribution in [2.24, 2.45) is 0 Å². The van der Waals surface area contributed by atoms with Gasteiger partial charge >= 0.3 is 0 Å². The molecule has 6 heteroatoms. The van der Waals surface area contributed by atoms with Crippen LogP contribution < -0.4 is 9.46 Å². The first-order valence-corrected chi connectivity index (χ1v) is 5.98. The molecule has 1 aromatic rings. The molecule has 0 radical (unpaired) electrons. The summed E-state index contributed by atoms with van der Waals surface area (Å²) < 4.78 is 29.2. The van der Waals surface area contributed by atoms with E-state index in [1.165, 1.54) is 6.07 Å². The molecule has 0 aromatic heterocycles. The van der Waals surface area contributed by atoms with Gasteiger partial charge in [0.15, 0.2) is 6.61 Å². The Morgan fingerprint density at radius 3 is 2.87 bits per heavy atom. The third kappa shape index (κ3) is 4.33. The monoisotopic (exact) mass is 226 g/mol. The first-order valence-electron chi connectivity index (χ1n) is 4.09. The highest BCUT2D eigenvalue weighted by Crippen LogP contribution is 2.17. The highest BCUT2D eigenvalue weighted by atomic mass is 32.2. The Balaban J connectivity index is 2.80. The van der Waals surface area contributed by atoms with Crippen LogP contribution in [0.2, 0.25) is 0 Å². The summed E-state index contributed by atoms with van der Waals surface area (Å²) in [6, 6.07) is 8.22. The normalized spacial score (nSPS) is 10.4. The average molecular weight is 226 g/mol. The van der Waals surface area contributed by atoms with Gasteiger partial charge in [0.25, 0.3) is 0 Å². The molecule has 80 valence electrons. The van der Waals surface area contributed by atoms with Gasteiger partial charge in [0.1, 0.15) is 11.8 Å². The van der Waals surface area contributed by atoms with E-state index in [0.29, 0.717) is 11.4 Å². The first kappa shape index (κ1) is 11.3. The lowest BCUT2D eigenvalue weighted by atomic mass is 10.3. The summed E-state index contributed by atoms with van der Waals surface area (Å²) in [6.07, 6.45) is 1.07. The smallest absolute Gasteiger partial charge is 0.229 e. The van der Waals surface area contributed by atoms with E-state index in [1.54, 1.807) is 18.2 Å². The lowest BCUT2D eigenvalue weighted by Crippen LogP contribution is -2.09. The highest BCUT2D eigenvalue weighted by molar-refractivity contribution is 7.92. The minimum absolute atomic E-state index is 0.0671. The number of hydrogen-bond acceptors (Lipinski definition) is 4. The summed E-state index contributed by atoms with van der Waals surface area (Å²) in [7, 11) is -3.29. The third-order valence-electron chi connectivity index (χ3n) is 1.44. The fourth-order valence-corrected chi connectivity index (χ4v) is 1.53. The largest absolute Gasteiger partial charge is 0.479 e. The molecule has 0 aliphatic rings. The van der Waals surface area contributed by atoms with Gasteiger partial charge in [-0.05, 0) is 12.1 Å². The summed E-state index contributed by atoms with van der Waals surface area (Å²) in [5.74, 6) is 0.449. The van der Waals surface area contributed by atoms with Crippen molar-refractivity contribution < 1.29 is 13.2 Å². The van der Waals surface area contributed by atoms with Gasteiger partial charge in [-0.2, -0.15) is 5.26 Å². The Hall–Kier alpha value is -1.74. The molecule has 0 bridgehead atoms. The van der Waals surface area contributed by atoms with Crippen molar-refractivity contribution in [3.8, 4) is 11.8 Å². The zero-order valence-corrected chi connectivity index (χ0v) is 8.91. The van der Waals surface area contributed by atoms with Crippen LogP contribution in [-0.4, -0.2) is 21.3 Å². The van der Waals surface area contributed by atoms with Gasteiger partial charge in [0.2, 0.25) is 10.0 Å². The van der Waals surface area contributed by atoms with Gasteiger partial charge in [-0.3, -0.25) is 4.72 Å². The number of nitrogens with one attached hydrogen (secondary N) is 1. The van der Waals surface area contributed by atoms with Crippen LogP contribution in [0.25, 0.3) is 0 Å². The molecule has 0 aliphatic heterocycles. The minimum Gasteiger partial charge on any atom is -0.479 e. The number of rotatable bonds is 4. The summed E-state index contributed by atoms with van der Waals surface area (Å²) in [5.41, 5.74) is 0.410. The molecule has 0 saturated heterocycles. The number of hydrogen-bond donors (Lipinski definition) is 1. The maximum absolute atomic E-state index is 10.9. The quantitative estimate of drug-likeness (QED) is 0.829. The lowest BCUT2D eigenvalue weighted by molar-refractivity contribution is 0.368. The molecule has 15 heavy (non-hydrogen) atoms. The minimum atomic E-state index is -3.29. The van der Waals surface area contributed by atoms with Crippen LogP contribution in [-0.2, 0) is 10.0 Å². The van der Waals surface area contributed by atoms with Crippen molar-refractivity contribution in [1.29, 1.82) is 5.26 Å². The Morgan fingerprint density at radius 1 is 1.53 bits per heavy atom. The van der Waals surface area contributed by atoms with Crippen LogP contribution in [0.3, 0.4) is 0 Å². The molecule has 1 N–H and O–H groups in total. The van der Waals surface area contributed by atoms with Crippen molar-refractivity contribution in [3.63, 3.8) is 0 Å². The zero-order valence-electron chi connectivity index (χ0n) is 8.10. The lowest BCUT2D eigenvalue weighted by Gasteiger charge is -2.06. The summed E-state index contributed by atoms with van der Waals surface area (Å²) in [4.78, 5) is 0. The predicted molar refractivity (Wildman–Crippen MR) is 56.0 cm³/mol. The Bertz CT molecular complexity index is 476. The van der Waals surface area contributed by atoms with Crippen LogP contribution >= 0.6 is 0 Å². The second-order valence-corrected chi connectivity index (χ2v) is 4.60. The highest BCUT2D eigenvalue weighted by Gasteiger charge is 2.02. The SMILES string of the molecule is CS(=O)(=O)Nc1cccc(OCC#N)c1. The van der Waals surface area contributed by atoms with E-state index in [2.05, 4.69) is 4.72 Å². The number of benzene rings is 1. The van der Waals surface area contributed by atoms with Gasteiger partial charge < -0.3 is 4.74 Å². The van der Waals surface area contributed by atoms with E-state index in [0.717, 1.165) is 6.26 Å². The number of nitriles is 1. The standard InChI is InChI=1S/C9H10N2O3S/c1-15(12,13)11-8-3-2-4-9(7-8)14-6-5-10/h2-4,7,11H,6H2,1H3. The number of ether oxygens (including phenoxy) is 1. The molecule has 1 rings (SSSR count). The number of anilines is 1. The van der Waals surface area contributed by atoms with Gasteiger partial charge in [-0.25, -0.2) is 8.42 Å². The maximum Gasteiger partial charge on any atom is 0.229 e. The van der Waals surface area contributed by atoms with Crippen LogP contribution in [0.5, 0.6) is 5.75 Å². The molecule has 1 aromatic carbocycles. The van der Waals surface area contributed by atoms with Gasteiger partial charge in [0, 0.05) is 6.07 Å². The maximum atomic E-state index is 10.9. The van der Waals surface area contributed by atoms with Crippen LogP contribution in [0, 0.1) is 11.3 Å². The second kappa shape index (κ2) is 4.66. The van der Waals surface area contributed by atoms with Crippen LogP contribution in [0.1, 0.15) is 0 Å². The fourth-order valence-electron chi connectivity index (χ4n) is 0.979. The second-order valence-electron chi connectivity index (χ2n) is 2.85. The molecule has 0 atom stereocenters. The van der Waals surface area contributed by atoms with Crippen LogP contribution in [0.15, 0.2) is 24.3 Å². The van der Waals surface area contributed by atoms with Crippen molar-refractivity contribution in [2.75, 3.05) is 17.6 Å². The fraction of sp³-hybridized carbons (Fsp3) is 0.222. The van der Waals surface area contributed by atoms with Gasteiger partial charge in [-0.15, -0.1) is 0 Å². The molecule has 0 spiro atoms. The van der Waals surface area contributed by atoms with Gasteiger partial charge in [0.05, 0.1) is 11.9 Å². The van der Waals surface area contributed by atoms with Crippen molar-refractivity contribution >= 4 is 15.7 Å². The molecular formula is C9H10N2O3S. The summed E-state index contributed by atoms with van der Waals surface area (Å²) in [5, 5.41) is 8.30. The summed E-state index contributed by atoms with van der Waals surface area (Å²) >= 11 is 0. The van der Waals surface area contributed by atoms with E-state index >= 15 is 0 Å². The van der Waals surface area contributed by atoms with Gasteiger partial charge in [-0.1, -0.05) is 6.07 Å². The van der Waals surface area contributed by atoms with Crippen molar-refractivity contribution in [2.45, 2.75) is 0 Å². The molecule has 0 fully saturated rings. The molecule has 0 aliphatic carbocycles. The Kier molecular flexibility index (Phi) is 3.52. The zero-order chi connectivity index (χ0) is 11.3. The van der Waals surface area contributed by atoms with E-state index in [9.17, 15) is 8.42 Å². The summed E-state index contributed by atoms with van der Waals surface area (Å²) in [6.45, 7) is -0.0671. The van der Waals surface area contributed by atoms with Crippen LogP contribution in [0.4, 0.5) is 5.69 Å². The Labute approximate surface area is 88.3 Å². The molecule has 0 unspecified atom stereocenters. The van der Waals surface area contributed by atoms with E-state index < -0.39 is 10.0 Å². The number of sulfonamides is 1. The number of nitrogens with zero attached hydrogens (tertiary/aromatic N) is 1. The third-order valence-corrected chi connectivity index (χ3v) is 2.05. The predicted octanol–water partition coefficient (Wildman–Crippen LogP) is 0.960. The molecule has 0 saturated carbocycles. The molecular weight excluding hydrogens is 216 g/mol. The molecule has 0 amide bonds. The molecule has 5 nitrogen and oxygen atoms in total. The average Bonchev–Trinajstić information content (AvgIpc) is 2.12. The van der Waals surface area contributed by atoms with Crippen molar-refractivity contribution in [3.05, 3.63) is 24.3 Å². The van der Waals surface area contributed by atoms with Crippen molar-refractivity contribution in [1.82, 2.24) is 0 Å². The molecule has 0 heterocycles.